The van der Waals surface area contributed by atoms with Crippen LogP contribution in [0, 0.1) is 11.8 Å². The third-order valence-electron chi connectivity index (χ3n) is 4.60. The van der Waals surface area contributed by atoms with Crippen molar-refractivity contribution in [2.24, 2.45) is 11.8 Å². The lowest BCUT2D eigenvalue weighted by atomic mass is 9.86. The van der Waals surface area contributed by atoms with Crippen LogP contribution in [-0.2, 0) is 0 Å². The van der Waals surface area contributed by atoms with E-state index in [2.05, 4.69) is 18.8 Å². The molecule has 1 saturated heterocycles. The highest BCUT2D eigenvalue weighted by Crippen LogP contribution is 2.26. The van der Waals surface area contributed by atoms with E-state index in [0.717, 1.165) is 54.2 Å². The molecule has 0 aliphatic carbocycles. The first kappa shape index (κ1) is 13.2. The molecule has 3 rings (SSSR count). The summed E-state index contributed by atoms with van der Waals surface area (Å²) in [7, 11) is 0. The van der Waals surface area contributed by atoms with Gasteiger partial charge in [-0.15, -0.1) is 0 Å². The van der Waals surface area contributed by atoms with Crippen LogP contribution in [0.15, 0.2) is 30.5 Å². The van der Waals surface area contributed by atoms with E-state index >= 15 is 0 Å². The van der Waals surface area contributed by atoms with Gasteiger partial charge in [0.1, 0.15) is 0 Å². The Kier molecular flexibility index (Phi) is 3.51. The van der Waals surface area contributed by atoms with Crippen molar-refractivity contribution < 1.29 is 4.79 Å². The third kappa shape index (κ3) is 2.33. The van der Waals surface area contributed by atoms with E-state index in [1.807, 2.05) is 35.4 Å². The highest BCUT2D eigenvalue weighted by atomic mass is 16.2. The molecule has 1 fully saturated rings. The van der Waals surface area contributed by atoms with Crippen LogP contribution in [0.4, 0.5) is 0 Å². The second-order valence-electron chi connectivity index (χ2n) is 6.12. The lowest BCUT2D eigenvalue weighted by Gasteiger charge is -2.34. The number of hydrogen-bond acceptors (Lipinski definition) is 1. The number of carbonyl (C=O) groups is 1. The van der Waals surface area contributed by atoms with Gasteiger partial charge in [-0.1, -0.05) is 19.9 Å². The molecule has 0 spiro atoms. The molecule has 0 saturated carbocycles. The predicted molar refractivity (Wildman–Crippen MR) is 81.8 cm³/mol. The topological polar surface area (TPSA) is 36.1 Å². The maximum Gasteiger partial charge on any atom is 0.254 e. The Morgan fingerprint density at radius 3 is 2.70 bits per heavy atom. The summed E-state index contributed by atoms with van der Waals surface area (Å²) in [5.41, 5.74) is 1.86. The van der Waals surface area contributed by atoms with Crippen LogP contribution in [-0.4, -0.2) is 28.9 Å². The van der Waals surface area contributed by atoms with Crippen molar-refractivity contribution in [3.05, 3.63) is 36.0 Å². The molecular formula is C17H22N2O. The van der Waals surface area contributed by atoms with Gasteiger partial charge in [-0.2, -0.15) is 0 Å². The number of amides is 1. The van der Waals surface area contributed by atoms with Crippen molar-refractivity contribution in [3.8, 4) is 0 Å². The lowest BCUT2D eigenvalue weighted by Crippen LogP contribution is -2.39. The molecule has 1 aliphatic rings. The van der Waals surface area contributed by atoms with Crippen LogP contribution in [0.3, 0.4) is 0 Å². The molecule has 3 nitrogen and oxygen atoms in total. The molecule has 1 aliphatic heterocycles. The number of nitrogens with one attached hydrogen (secondary N) is 1. The molecule has 1 N–H and O–H groups in total. The summed E-state index contributed by atoms with van der Waals surface area (Å²) >= 11 is 0. The van der Waals surface area contributed by atoms with E-state index in [9.17, 15) is 4.79 Å². The van der Waals surface area contributed by atoms with Gasteiger partial charge in [0.15, 0.2) is 0 Å². The number of likely N-dealkylation sites (tertiary alicyclic amines) is 1. The average Bonchev–Trinajstić information content (AvgIpc) is 2.95. The number of aromatic nitrogens is 1. The van der Waals surface area contributed by atoms with Crippen LogP contribution in [0.5, 0.6) is 0 Å². The van der Waals surface area contributed by atoms with Crippen molar-refractivity contribution >= 4 is 16.8 Å². The fourth-order valence-electron chi connectivity index (χ4n) is 3.21. The largest absolute Gasteiger partial charge is 0.361 e. The number of carbonyl (C=O) groups excluding carboxylic acids is 1. The van der Waals surface area contributed by atoms with Gasteiger partial charge in [0, 0.05) is 35.8 Å². The monoisotopic (exact) mass is 270 g/mol. The van der Waals surface area contributed by atoms with Crippen molar-refractivity contribution in [1.29, 1.82) is 0 Å². The van der Waals surface area contributed by atoms with Crippen LogP contribution in [0.1, 0.15) is 37.0 Å². The van der Waals surface area contributed by atoms with Crippen molar-refractivity contribution in [2.45, 2.75) is 26.7 Å². The Morgan fingerprint density at radius 2 is 2.00 bits per heavy atom. The summed E-state index contributed by atoms with van der Waals surface area (Å²) in [6, 6.07) is 7.89. The second kappa shape index (κ2) is 5.31. The third-order valence-corrected chi connectivity index (χ3v) is 4.60. The highest BCUT2D eigenvalue weighted by molar-refractivity contribution is 6.06. The molecule has 2 aromatic rings. The normalized spacial score (nSPS) is 17.1. The summed E-state index contributed by atoms with van der Waals surface area (Å²) in [6.45, 7) is 6.34. The zero-order chi connectivity index (χ0) is 14.1. The van der Waals surface area contributed by atoms with E-state index in [4.69, 9.17) is 0 Å². The van der Waals surface area contributed by atoms with E-state index < -0.39 is 0 Å². The Bertz CT molecular complexity index is 606. The SMILES string of the molecule is CC(C)C1CCN(C(=O)c2cccc3[nH]ccc23)CC1. The molecule has 0 unspecified atom stereocenters. The quantitative estimate of drug-likeness (QED) is 0.888. The van der Waals surface area contributed by atoms with Gasteiger partial charge in [-0.3, -0.25) is 4.79 Å². The van der Waals surface area contributed by atoms with Crippen molar-refractivity contribution in [3.63, 3.8) is 0 Å². The van der Waals surface area contributed by atoms with E-state index in [0.29, 0.717) is 0 Å². The first-order valence-corrected chi connectivity index (χ1v) is 7.52. The number of rotatable bonds is 2. The summed E-state index contributed by atoms with van der Waals surface area (Å²) in [5.74, 6) is 1.67. The fraction of sp³-hybridized carbons (Fsp3) is 0.471. The van der Waals surface area contributed by atoms with Crippen LogP contribution in [0.2, 0.25) is 0 Å². The molecule has 20 heavy (non-hydrogen) atoms. The van der Waals surface area contributed by atoms with Gasteiger partial charge in [-0.05, 0) is 42.9 Å². The predicted octanol–water partition coefficient (Wildman–Crippen LogP) is 3.68. The van der Waals surface area contributed by atoms with Crippen LogP contribution in [0.25, 0.3) is 10.9 Å². The van der Waals surface area contributed by atoms with E-state index in [-0.39, 0.29) is 5.91 Å². The zero-order valence-electron chi connectivity index (χ0n) is 12.2. The van der Waals surface area contributed by atoms with Gasteiger partial charge >= 0.3 is 0 Å². The molecule has 0 atom stereocenters. The minimum atomic E-state index is 0.178. The molecular weight excluding hydrogens is 248 g/mol. The molecule has 1 amide bonds. The molecule has 1 aromatic carbocycles. The van der Waals surface area contributed by atoms with Crippen molar-refractivity contribution in [1.82, 2.24) is 9.88 Å². The van der Waals surface area contributed by atoms with Gasteiger partial charge in [0.2, 0.25) is 0 Å². The number of H-pyrrole nitrogens is 1. The summed E-state index contributed by atoms with van der Waals surface area (Å²) in [5, 5.41) is 1.03. The molecule has 2 heterocycles. The second-order valence-corrected chi connectivity index (χ2v) is 6.12. The Morgan fingerprint density at radius 1 is 1.25 bits per heavy atom. The number of nitrogens with zero attached hydrogens (tertiary/aromatic N) is 1. The van der Waals surface area contributed by atoms with E-state index in [1.165, 1.54) is 0 Å². The van der Waals surface area contributed by atoms with Crippen LogP contribution >= 0.6 is 0 Å². The smallest absolute Gasteiger partial charge is 0.254 e. The number of aromatic amines is 1. The minimum absolute atomic E-state index is 0.178. The number of benzene rings is 1. The summed E-state index contributed by atoms with van der Waals surface area (Å²) in [4.78, 5) is 17.9. The zero-order valence-corrected chi connectivity index (χ0v) is 12.2. The van der Waals surface area contributed by atoms with Gasteiger partial charge in [-0.25, -0.2) is 0 Å². The van der Waals surface area contributed by atoms with Gasteiger partial charge in [0.25, 0.3) is 5.91 Å². The van der Waals surface area contributed by atoms with Crippen LogP contribution < -0.4 is 0 Å². The highest BCUT2D eigenvalue weighted by Gasteiger charge is 2.25. The van der Waals surface area contributed by atoms with Crippen molar-refractivity contribution in [2.75, 3.05) is 13.1 Å². The fourth-order valence-corrected chi connectivity index (χ4v) is 3.21. The first-order valence-electron chi connectivity index (χ1n) is 7.52. The maximum absolute atomic E-state index is 12.7. The number of hydrogen-bond donors (Lipinski definition) is 1. The number of piperidine rings is 1. The average molecular weight is 270 g/mol. The van der Waals surface area contributed by atoms with Gasteiger partial charge < -0.3 is 9.88 Å². The van der Waals surface area contributed by atoms with Gasteiger partial charge in [0.05, 0.1) is 0 Å². The Hall–Kier alpha value is -1.77. The number of fused-ring (bicyclic) bond motifs is 1. The summed E-state index contributed by atoms with van der Waals surface area (Å²) < 4.78 is 0. The molecule has 3 heteroatoms. The first-order chi connectivity index (χ1) is 9.66. The molecule has 1 aromatic heterocycles. The molecule has 106 valence electrons. The molecule has 0 radical (unpaired) electrons. The minimum Gasteiger partial charge on any atom is -0.361 e. The molecule has 0 bridgehead atoms. The maximum atomic E-state index is 12.7. The standard InChI is InChI=1S/C17H22N2O/c1-12(2)13-7-10-19(11-8-13)17(20)15-4-3-5-16-14(15)6-9-18-16/h3-6,9,12-13,18H,7-8,10-11H2,1-2H3. The van der Waals surface area contributed by atoms with E-state index in [1.54, 1.807) is 0 Å². The lowest BCUT2D eigenvalue weighted by molar-refractivity contribution is 0.0669. The summed E-state index contributed by atoms with van der Waals surface area (Å²) in [6.07, 6.45) is 4.16. The Balaban J connectivity index is 1.78. The Labute approximate surface area is 120 Å².